The number of benzene rings is 2. The van der Waals surface area contributed by atoms with Gasteiger partial charge < -0.3 is 10.7 Å². The topological polar surface area (TPSA) is 67.6 Å². The van der Waals surface area contributed by atoms with Gasteiger partial charge in [-0.15, -0.1) is 0 Å². The summed E-state index contributed by atoms with van der Waals surface area (Å²) in [4.78, 5) is 12.3. The second-order valence-corrected chi connectivity index (χ2v) is 5.29. The highest BCUT2D eigenvalue weighted by molar-refractivity contribution is 6.31. The summed E-state index contributed by atoms with van der Waals surface area (Å²) in [7, 11) is 0. The van der Waals surface area contributed by atoms with E-state index in [4.69, 9.17) is 17.3 Å². The number of nitrogens with zero attached hydrogens (tertiary/aromatic N) is 2. The van der Waals surface area contributed by atoms with E-state index in [1.54, 1.807) is 12.3 Å². The molecule has 0 atom stereocenters. The number of aromatic nitrogens is 3. The molecule has 0 spiro atoms. The molecule has 2 aromatic heterocycles. The van der Waals surface area contributed by atoms with E-state index in [0.717, 1.165) is 22.0 Å². The number of pyridine rings is 1. The largest absolute Gasteiger partial charge is 0.397 e. The molecule has 0 radical (unpaired) electrons. The van der Waals surface area contributed by atoms with Gasteiger partial charge >= 0.3 is 0 Å². The van der Waals surface area contributed by atoms with E-state index in [9.17, 15) is 0 Å². The minimum atomic E-state index is 0.556. The quantitative estimate of drug-likeness (QED) is 0.521. The minimum absolute atomic E-state index is 0.556. The molecule has 0 unspecified atom stereocenters. The van der Waals surface area contributed by atoms with Gasteiger partial charge in [0.15, 0.2) is 5.82 Å². The monoisotopic (exact) mass is 294 g/mol. The fourth-order valence-corrected chi connectivity index (χ4v) is 2.75. The lowest BCUT2D eigenvalue weighted by molar-refractivity contribution is 1.26. The summed E-state index contributed by atoms with van der Waals surface area (Å²) >= 11 is 6.03. The number of aromatic amines is 1. The Morgan fingerprint density at radius 2 is 1.95 bits per heavy atom. The van der Waals surface area contributed by atoms with Gasteiger partial charge in [-0.2, -0.15) is 0 Å². The van der Waals surface area contributed by atoms with Gasteiger partial charge in [0.25, 0.3) is 0 Å². The van der Waals surface area contributed by atoms with Gasteiger partial charge in [0.1, 0.15) is 11.2 Å². The number of nitrogen functional groups attached to an aromatic ring is 1. The fraction of sp³-hybridized carbons (Fsp3) is 0. The summed E-state index contributed by atoms with van der Waals surface area (Å²) < 4.78 is 0. The zero-order chi connectivity index (χ0) is 14.4. The van der Waals surface area contributed by atoms with E-state index in [2.05, 4.69) is 15.0 Å². The van der Waals surface area contributed by atoms with Crippen LogP contribution in [-0.2, 0) is 0 Å². The van der Waals surface area contributed by atoms with Crippen molar-refractivity contribution >= 4 is 39.1 Å². The number of nitrogens with one attached hydrogen (secondary N) is 1. The molecule has 2 aromatic carbocycles. The van der Waals surface area contributed by atoms with Gasteiger partial charge in [-0.05, 0) is 23.6 Å². The second-order valence-electron chi connectivity index (χ2n) is 4.86. The first kappa shape index (κ1) is 12.2. The van der Waals surface area contributed by atoms with Gasteiger partial charge in [0.2, 0.25) is 0 Å². The van der Waals surface area contributed by atoms with Crippen LogP contribution < -0.4 is 5.73 Å². The normalized spacial score (nSPS) is 11.3. The molecule has 0 aliphatic rings. The van der Waals surface area contributed by atoms with Crippen LogP contribution in [0.5, 0.6) is 0 Å². The average Bonchev–Trinajstić information content (AvgIpc) is 2.90. The number of anilines is 1. The Kier molecular flexibility index (Phi) is 2.59. The number of fused-ring (bicyclic) bond motifs is 2. The third kappa shape index (κ3) is 1.92. The molecule has 0 aliphatic carbocycles. The molecule has 0 bridgehead atoms. The van der Waals surface area contributed by atoms with Crippen LogP contribution in [-0.4, -0.2) is 15.0 Å². The highest BCUT2D eigenvalue weighted by atomic mass is 35.5. The number of halogens is 1. The molecule has 0 aliphatic heterocycles. The summed E-state index contributed by atoms with van der Waals surface area (Å²) in [5.41, 5.74) is 8.86. The maximum absolute atomic E-state index is 6.03. The third-order valence-corrected chi connectivity index (χ3v) is 3.70. The molecule has 4 nitrogen and oxygen atoms in total. The molecule has 21 heavy (non-hydrogen) atoms. The number of rotatable bonds is 1. The summed E-state index contributed by atoms with van der Waals surface area (Å²) in [5.74, 6) is 0.691. The Morgan fingerprint density at radius 1 is 1.10 bits per heavy atom. The van der Waals surface area contributed by atoms with Gasteiger partial charge in [-0.1, -0.05) is 35.9 Å². The van der Waals surface area contributed by atoms with Crippen LogP contribution in [0.25, 0.3) is 33.3 Å². The molecule has 0 saturated carbocycles. The lowest BCUT2D eigenvalue weighted by Gasteiger charge is -2.01. The van der Waals surface area contributed by atoms with Crippen LogP contribution in [0.4, 0.5) is 5.69 Å². The van der Waals surface area contributed by atoms with Crippen molar-refractivity contribution in [3.8, 4) is 11.5 Å². The number of hydrogen-bond donors (Lipinski definition) is 2. The second kappa shape index (κ2) is 4.46. The Labute approximate surface area is 125 Å². The number of nitrogens with two attached hydrogens (primary N) is 1. The Bertz CT molecular complexity index is 969. The SMILES string of the molecule is Nc1cc(Cl)cc2[nH]c(-c3nccc4ccccc34)nc12. The predicted octanol–water partition coefficient (Wildman–Crippen LogP) is 4.01. The molecule has 102 valence electrons. The number of hydrogen-bond acceptors (Lipinski definition) is 3. The summed E-state index contributed by atoms with van der Waals surface area (Å²) in [6.07, 6.45) is 1.78. The van der Waals surface area contributed by atoms with Crippen LogP contribution in [0.1, 0.15) is 0 Å². The molecule has 0 fully saturated rings. The molecule has 0 amide bonds. The van der Waals surface area contributed by atoms with Crippen LogP contribution in [0.3, 0.4) is 0 Å². The number of imidazole rings is 1. The highest BCUT2D eigenvalue weighted by Gasteiger charge is 2.12. The molecule has 5 heteroatoms. The smallest absolute Gasteiger partial charge is 0.157 e. The number of H-pyrrole nitrogens is 1. The van der Waals surface area contributed by atoms with Crippen molar-refractivity contribution in [2.45, 2.75) is 0 Å². The molecule has 3 N–H and O–H groups in total. The average molecular weight is 295 g/mol. The first-order valence-corrected chi connectivity index (χ1v) is 6.89. The van der Waals surface area contributed by atoms with Gasteiger partial charge in [-0.3, -0.25) is 4.98 Å². The first-order chi connectivity index (χ1) is 10.2. The first-order valence-electron chi connectivity index (χ1n) is 6.51. The minimum Gasteiger partial charge on any atom is -0.397 e. The van der Waals surface area contributed by atoms with E-state index in [0.29, 0.717) is 22.1 Å². The van der Waals surface area contributed by atoms with Crippen molar-refractivity contribution in [2.24, 2.45) is 0 Å². The van der Waals surface area contributed by atoms with Crippen molar-refractivity contribution < 1.29 is 0 Å². The molecular weight excluding hydrogens is 284 g/mol. The highest BCUT2D eigenvalue weighted by Crippen LogP contribution is 2.29. The standard InChI is InChI=1S/C16H11ClN4/c17-10-7-12(18)15-13(8-10)20-16(21-15)14-11-4-2-1-3-9(11)5-6-19-14/h1-8H,18H2,(H,20,21). The van der Waals surface area contributed by atoms with Crippen LogP contribution >= 0.6 is 11.6 Å². The van der Waals surface area contributed by atoms with Crippen LogP contribution in [0.15, 0.2) is 48.7 Å². The lowest BCUT2D eigenvalue weighted by Crippen LogP contribution is -1.88. The molecule has 4 aromatic rings. The summed E-state index contributed by atoms with van der Waals surface area (Å²) in [6, 6.07) is 13.6. The van der Waals surface area contributed by atoms with Crippen LogP contribution in [0.2, 0.25) is 5.02 Å². The zero-order valence-electron chi connectivity index (χ0n) is 11.0. The van der Waals surface area contributed by atoms with E-state index < -0.39 is 0 Å². The van der Waals surface area contributed by atoms with Gasteiger partial charge in [0, 0.05) is 16.6 Å². The van der Waals surface area contributed by atoms with E-state index in [1.807, 2.05) is 36.4 Å². The molecular formula is C16H11ClN4. The summed E-state index contributed by atoms with van der Waals surface area (Å²) in [6.45, 7) is 0. The van der Waals surface area contributed by atoms with E-state index in [-0.39, 0.29) is 0 Å². The van der Waals surface area contributed by atoms with Gasteiger partial charge in [0.05, 0.1) is 11.2 Å². The maximum atomic E-state index is 6.03. The van der Waals surface area contributed by atoms with Gasteiger partial charge in [-0.25, -0.2) is 4.98 Å². The van der Waals surface area contributed by atoms with Crippen molar-refractivity contribution in [3.05, 3.63) is 53.7 Å². The zero-order valence-corrected chi connectivity index (χ0v) is 11.7. The molecule has 0 saturated heterocycles. The summed E-state index contributed by atoms with van der Waals surface area (Å²) in [5, 5.41) is 2.75. The Balaban J connectivity index is 2.03. The van der Waals surface area contributed by atoms with Crippen LogP contribution in [0, 0.1) is 0 Å². The predicted molar refractivity (Wildman–Crippen MR) is 86.3 cm³/mol. The molecule has 2 heterocycles. The lowest BCUT2D eigenvalue weighted by atomic mass is 10.1. The third-order valence-electron chi connectivity index (χ3n) is 3.48. The van der Waals surface area contributed by atoms with Crippen molar-refractivity contribution in [1.29, 1.82) is 0 Å². The fourth-order valence-electron chi connectivity index (χ4n) is 2.53. The van der Waals surface area contributed by atoms with E-state index in [1.165, 1.54) is 0 Å². The Hall–Kier alpha value is -2.59. The van der Waals surface area contributed by atoms with E-state index >= 15 is 0 Å². The molecule has 4 rings (SSSR count). The maximum Gasteiger partial charge on any atom is 0.157 e. The van der Waals surface area contributed by atoms with Crippen molar-refractivity contribution in [2.75, 3.05) is 5.73 Å². The Morgan fingerprint density at radius 3 is 2.86 bits per heavy atom. The van der Waals surface area contributed by atoms with Crippen molar-refractivity contribution in [3.63, 3.8) is 0 Å². The van der Waals surface area contributed by atoms with Crippen molar-refractivity contribution in [1.82, 2.24) is 15.0 Å².